The van der Waals surface area contributed by atoms with Crippen LogP contribution >= 0.6 is 11.6 Å². The van der Waals surface area contributed by atoms with Gasteiger partial charge in [0, 0.05) is 10.6 Å². The summed E-state index contributed by atoms with van der Waals surface area (Å²) in [6, 6.07) is 17.6. The molecule has 0 radical (unpaired) electrons. The molecule has 0 spiro atoms. The minimum atomic E-state index is -0.778. The van der Waals surface area contributed by atoms with Crippen LogP contribution < -0.4 is 10.1 Å². The number of nitrogens with zero attached hydrogens (tertiary/aromatic N) is 1. The number of barbiturate groups is 1. The molecule has 33 heavy (non-hydrogen) atoms. The highest BCUT2D eigenvalue weighted by molar-refractivity contribution is 6.32. The molecule has 0 bridgehead atoms. The zero-order chi connectivity index (χ0) is 23.4. The van der Waals surface area contributed by atoms with E-state index in [2.05, 4.69) is 12.2 Å². The molecule has 0 saturated carbocycles. The molecule has 1 aliphatic rings. The maximum atomic E-state index is 13.3. The lowest BCUT2D eigenvalue weighted by atomic mass is 9.99. The van der Waals surface area contributed by atoms with E-state index in [-0.39, 0.29) is 12.1 Å². The Morgan fingerprint density at radius 2 is 1.76 bits per heavy atom. The van der Waals surface area contributed by atoms with Crippen molar-refractivity contribution in [2.45, 2.75) is 26.3 Å². The number of hydrogen-bond donors (Lipinski definition) is 1. The van der Waals surface area contributed by atoms with Crippen molar-refractivity contribution in [1.29, 1.82) is 0 Å². The molecule has 0 atom stereocenters. The van der Waals surface area contributed by atoms with Crippen molar-refractivity contribution in [3.8, 4) is 5.75 Å². The van der Waals surface area contributed by atoms with Crippen LogP contribution in [-0.4, -0.2) is 29.4 Å². The van der Waals surface area contributed by atoms with Crippen LogP contribution in [0.5, 0.6) is 5.75 Å². The molecule has 6 nitrogen and oxygen atoms in total. The molecule has 1 aliphatic heterocycles. The Bertz CT molecular complexity index is 1270. The van der Waals surface area contributed by atoms with Crippen molar-refractivity contribution < 1.29 is 19.1 Å². The molecular weight excluding hydrogens is 440 g/mol. The zero-order valence-electron chi connectivity index (χ0n) is 18.1. The van der Waals surface area contributed by atoms with Crippen molar-refractivity contribution in [3.05, 3.63) is 82.4 Å². The number of carbonyl (C=O) groups is 3. The molecule has 168 valence electrons. The van der Waals surface area contributed by atoms with Crippen LogP contribution in [0.15, 0.2) is 66.2 Å². The maximum absolute atomic E-state index is 13.3. The number of imide groups is 2. The fourth-order valence-electron chi connectivity index (χ4n) is 3.66. The maximum Gasteiger partial charge on any atom is 0.331 e. The van der Waals surface area contributed by atoms with Crippen LogP contribution in [0, 0.1) is 0 Å². The molecule has 4 rings (SSSR count). The summed E-state index contributed by atoms with van der Waals surface area (Å²) in [5.41, 5.74) is 1.08. The molecule has 7 heteroatoms. The van der Waals surface area contributed by atoms with E-state index in [1.807, 2.05) is 36.4 Å². The number of benzene rings is 3. The number of urea groups is 1. The van der Waals surface area contributed by atoms with Gasteiger partial charge in [0.2, 0.25) is 0 Å². The number of nitrogens with one attached hydrogen (secondary N) is 1. The first kappa shape index (κ1) is 22.6. The van der Waals surface area contributed by atoms with Gasteiger partial charge in [-0.25, -0.2) is 4.79 Å². The SMILES string of the molecule is CCCCOc1ccc2ccccc2c1/C=C1\C(=O)NC(=O)N(Cc2ccccc2Cl)C1=O. The average Bonchev–Trinajstić information content (AvgIpc) is 2.81. The van der Waals surface area contributed by atoms with Gasteiger partial charge in [0.15, 0.2) is 0 Å². The highest BCUT2D eigenvalue weighted by Crippen LogP contribution is 2.31. The van der Waals surface area contributed by atoms with Gasteiger partial charge in [-0.2, -0.15) is 0 Å². The Morgan fingerprint density at radius 3 is 2.55 bits per heavy atom. The summed E-state index contributed by atoms with van der Waals surface area (Å²) in [6.45, 7) is 2.54. The summed E-state index contributed by atoms with van der Waals surface area (Å²) in [5, 5.41) is 4.48. The molecule has 1 heterocycles. The first-order valence-electron chi connectivity index (χ1n) is 10.8. The molecule has 0 unspecified atom stereocenters. The van der Waals surface area contributed by atoms with Crippen molar-refractivity contribution in [1.82, 2.24) is 10.2 Å². The summed E-state index contributed by atoms with van der Waals surface area (Å²) in [7, 11) is 0. The second-order valence-electron chi connectivity index (χ2n) is 7.70. The normalized spacial score (nSPS) is 15.3. The summed E-state index contributed by atoms with van der Waals surface area (Å²) in [6.07, 6.45) is 3.36. The molecule has 0 aliphatic carbocycles. The largest absolute Gasteiger partial charge is 0.493 e. The van der Waals surface area contributed by atoms with Crippen molar-refractivity contribution in [2.75, 3.05) is 6.61 Å². The van der Waals surface area contributed by atoms with E-state index >= 15 is 0 Å². The van der Waals surface area contributed by atoms with Crippen LogP contribution in [0.1, 0.15) is 30.9 Å². The second-order valence-corrected chi connectivity index (χ2v) is 8.11. The van der Waals surface area contributed by atoms with Gasteiger partial charge in [-0.15, -0.1) is 0 Å². The van der Waals surface area contributed by atoms with Crippen molar-refractivity contribution >= 4 is 46.3 Å². The monoisotopic (exact) mass is 462 g/mol. The van der Waals surface area contributed by atoms with Crippen LogP contribution in [0.25, 0.3) is 16.8 Å². The third-order valence-electron chi connectivity index (χ3n) is 5.45. The summed E-state index contributed by atoms with van der Waals surface area (Å²) >= 11 is 6.21. The smallest absolute Gasteiger partial charge is 0.331 e. The molecule has 4 amide bonds. The van der Waals surface area contributed by atoms with Crippen LogP contribution in [0.2, 0.25) is 5.02 Å². The number of amides is 4. The van der Waals surface area contributed by atoms with Crippen molar-refractivity contribution in [2.24, 2.45) is 0 Å². The number of unbranched alkanes of at least 4 members (excludes halogenated alkanes) is 1. The quantitative estimate of drug-likeness (QED) is 0.292. The highest BCUT2D eigenvalue weighted by Gasteiger charge is 2.36. The van der Waals surface area contributed by atoms with E-state index in [1.165, 1.54) is 6.08 Å². The Kier molecular flexibility index (Phi) is 6.75. The molecule has 1 saturated heterocycles. The lowest BCUT2D eigenvalue weighted by Gasteiger charge is -2.27. The van der Waals surface area contributed by atoms with E-state index in [0.29, 0.717) is 28.5 Å². The molecule has 1 N–H and O–H groups in total. The molecule has 3 aromatic carbocycles. The third-order valence-corrected chi connectivity index (χ3v) is 5.82. The first-order chi connectivity index (χ1) is 16.0. The van der Waals surface area contributed by atoms with Gasteiger partial charge in [-0.3, -0.25) is 19.8 Å². The summed E-state index contributed by atoms with van der Waals surface area (Å²) in [5.74, 6) is -0.853. The van der Waals surface area contributed by atoms with E-state index in [9.17, 15) is 14.4 Å². The Hall–Kier alpha value is -3.64. The van der Waals surface area contributed by atoms with E-state index < -0.39 is 17.8 Å². The Balaban J connectivity index is 1.76. The number of fused-ring (bicyclic) bond motifs is 1. The lowest BCUT2D eigenvalue weighted by Crippen LogP contribution is -2.53. The minimum Gasteiger partial charge on any atom is -0.493 e. The fraction of sp³-hybridized carbons (Fsp3) is 0.192. The fourth-order valence-corrected chi connectivity index (χ4v) is 3.85. The standard InChI is InChI=1S/C26H23ClN2O4/c1-2-3-14-33-23-13-12-17-8-4-6-10-19(17)20(23)15-21-24(30)28-26(32)29(25(21)31)16-18-9-5-7-11-22(18)27/h4-13,15H,2-3,14,16H2,1H3,(H,28,30,32)/b21-15+. The Morgan fingerprint density at radius 1 is 1.00 bits per heavy atom. The van der Waals surface area contributed by atoms with E-state index in [0.717, 1.165) is 28.5 Å². The molecule has 1 fully saturated rings. The number of hydrogen-bond acceptors (Lipinski definition) is 4. The van der Waals surface area contributed by atoms with Gasteiger partial charge in [0.25, 0.3) is 11.8 Å². The first-order valence-corrected chi connectivity index (χ1v) is 11.1. The average molecular weight is 463 g/mol. The molecular formula is C26H23ClN2O4. The van der Waals surface area contributed by atoms with E-state index in [4.69, 9.17) is 16.3 Å². The van der Waals surface area contributed by atoms with Crippen LogP contribution in [0.4, 0.5) is 4.79 Å². The number of rotatable bonds is 7. The molecule has 3 aromatic rings. The van der Waals surface area contributed by atoms with Crippen LogP contribution in [-0.2, 0) is 16.1 Å². The van der Waals surface area contributed by atoms with Gasteiger partial charge in [-0.1, -0.05) is 73.5 Å². The second kappa shape index (κ2) is 9.88. The van der Waals surface area contributed by atoms with Gasteiger partial charge < -0.3 is 4.74 Å². The van der Waals surface area contributed by atoms with E-state index in [1.54, 1.807) is 24.3 Å². The van der Waals surface area contributed by atoms with Gasteiger partial charge in [0.1, 0.15) is 11.3 Å². The third kappa shape index (κ3) is 4.76. The number of carbonyl (C=O) groups excluding carboxylic acids is 3. The van der Waals surface area contributed by atoms with Gasteiger partial charge >= 0.3 is 6.03 Å². The predicted octanol–water partition coefficient (Wildman–Crippen LogP) is 5.33. The highest BCUT2D eigenvalue weighted by atomic mass is 35.5. The predicted molar refractivity (Wildman–Crippen MR) is 128 cm³/mol. The topological polar surface area (TPSA) is 75.7 Å². The zero-order valence-corrected chi connectivity index (χ0v) is 18.9. The number of halogens is 1. The van der Waals surface area contributed by atoms with Crippen molar-refractivity contribution in [3.63, 3.8) is 0 Å². The Labute approximate surface area is 196 Å². The minimum absolute atomic E-state index is 0.0512. The van der Waals surface area contributed by atoms with Gasteiger partial charge in [0.05, 0.1) is 13.2 Å². The summed E-state index contributed by atoms with van der Waals surface area (Å²) in [4.78, 5) is 39.4. The van der Waals surface area contributed by atoms with Crippen LogP contribution in [0.3, 0.4) is 0 Å². The lowest BCUT2D eigenvalue weighted by molar-refractivity contribution is -0.130. The molecule has 0 aromatic heterocycles. The number of ether oxygens (including phenoxy) is 1. The summed E-state index contributed by atoms with van der Waals surface area (Å²) < 4.78 is 5.97. The van der Waals surface area contributed by atoms with Gasteiger partial charge in [-0.05, 0) is 41.0 Å².